The molecule has 0 radical (unpaired) electrons. The van der Waals surface area contributed by atoms with Gasteiger partial charge in [0, 0.05) is 28.4 Å². The third-order valence-electron chi connectivity index (χ3n) is 7.19. The van der Waals surface area contributed by atoms with Crippen LogP contribution < -0.4 is 10.9 Å². The summed E-state index contributed by atoms with van der Waals surface area (Å²) in [6.45, 7) is -1.75. The number of anilines is 1. The molecule has 4 N–H and O–H groups in total. The van der Waals surface area contributed by atoms with Crippen molar-refractivity contribution in [3.63, 3.8) is 0 Å². The number of imidazole rings is 1. The molecule has 5 rings (SSSR count). The van der Waals surface area contributed by atoms with Crippen LogP contribution in [0.1, 0.15) is 32.3 Å². The lowest BCUT2D eigenvalue weighted by Crippen LogP contribution is -2.31. The van der Waals surface area contributed by atoms with Crippen LogP contribution in [0.25, 0.3) is 22.6 Å². The third kappa shape index (κ3) is 9.27. The van der Waals surface area contributed by atoms with Gasteiger partial charge in [0.1, 0.15) is 12.7 Å². The van der Waals surface area contributed by atoms with Gasteiger partial charge in [0.25, 0.3) is 5.56 Å². The zero-order valence-corrected chi connectivity index (χ0v) is 29.5. The molecule has 1 amide bonds. The number of alkyl halides is 1. The number of carbonyl (C=O) groups excluding carboxylic acids is 1. The maximum atomic E-state index is 15.9. The molecule has 1 aliphatic rings. The molecule has 20 nitrogen and oxygen atoms in total. The van der Waals surface area contributed by atoms with E-state index in [9.17, 15) is 24.2 Å². The summed E-state index contributed by atoms with van der Waals surface area (Å²) < 4.78 is 58.3. The Morgan fingerprint density at radius 3 is 2.71 bits per heavy atom. The lowest BCUT2D eigenvalue weighted by atomic mass is 10.1. The van der Waals surface area contributed by atoms with Crippen molar-refractivity contribution in [2.24, 2.45) is 5.92 Å². The standard InChI is InChI=1S/C27H31FN10O10P2S/c1-15(2)24(40)34-27-33-23-20(25(41)35-27)31-14-37(23)26-21(48-49(42)43)19(28)17(47-26)13-46-50(51,44-10-3-6-29)45-11-9-38-18(12-39)32-22(36-38)16-4-7-30-8-5-16/h4-5,7-8,14-15,17,19,21,26,39H,3,9-13H2,1-2H3,(H2-,33,34,35,40,41,42,43)/p+1/t17-,19-,21-,26-,50?/m1/s1. The molecule has 2 unspecified atom stereocenters. The fraction of sp³-hybridized carbons (Fsp3) is 0.481. The van der Waals surface area contributed by atoms with Gasteiger partial charge in [0.15, 0.2) is 41.3 Å². The number of aliphatic hydroxyl groups is 1. The molecule has 0 spiro atoms. The number of ether oxygens (including phenoxy) is 1. The summed E-state index contributed by atoms with van der Waals surface area (Å²) in [5, 5.41) is 25.7. The number of halogens is 1. The smallest absolute Gasteiger partial charge is 0.388 e. The minimum atomic E-state index is -3.70. The summed E-state index contributed by atoms with van der Waals surface area (Å²) in [7, 11) is -3.34. The van der Waals surface area contributed by atoms with E-state index in [1.807, 2.05) is 6.07 Å². The van der Waals surface area contributed by atoms with Crippen molar-refractivity contribution in [2.45, 2.75) is 58.0 Å². The molecule has 1 fully saturated rings. The van der Waals surface area contributed by atoms with E-state index >= 15 is 4.39 Å². The number of H-pyrrole nitrogens is 1. The Balaban J connectivity index is 1.32. The molecular formula is C27H32FN10O10P2S+. The van der Waals surface area contributed by atoms with Gasteiger partial charge >= 0.3 is 15.0 Å². The monoisotopic (exact) mass is 769 g/mol. The second-order valence-electron chi connectivity index (χ2n) is 11.0. The molecule has 0 aromatic carbocycles. The summed E-state index contributed by atoms with van der Waals surface area (Å²) >= 11 is 5.54. The molecule has 0 saturated carbocycles. The second-order valence-corrected chi connectivity index (χ2v) is 14.7. The van der Waals surface area contributed by atoms with E-state index in [2.05, 4.69) is 35.3 Å². The second kappa shape index (κ2) is 17.0. The number of aliphatic hydroxyl groups excluding tert-OH is 1. The van der Waals surface area contributed by atoms with E-state index in [0.717, 1.165) is 10.9 Å². The molecule has 0 bridgehead atoms. The lowest BCUT2D eigenvalue weighted by molar-refractivity contribution is -0.118. The van der Waals surface area contributed by atoms with Crippen LogP contribution in [0.3, 0.4) is 0 Å². The molecule has 5 heterocycles. The Labute approximate surface area is 294 Å². The van der Waals surface area contributed by atoms with Crippen molar-refractivity contribution >= 4 is 49.8 Å². The van der Waals surface area contributed by atoms with Crippen LogP contribution >= 0.6 is 15.0 Å². The Hall–Kier alpha value is -4.00. The van der Waals surface area contributed by atoms with Crippen molar-refractivity contribution in [1.29, 1.82) is 5.26 Å². The fourth-order valence-electron chi connectivity index (χ4n) is 4.71. The van der Waals surface area contributed by atoms with E-state index in [4.69, 9.17) is 39.9 Å². The van der Waals surface area contributed by atoms with E-state index < -0.39 is 70.2 Å². The molecule has 24 heteroatoms. The van der Waals surface area contributed by atoms with Crippen LogP contribution in [-0.4, -0.2) is 93.4 Å². The highest BCUT2D eigenvalue weighted by molar-refractivity contribution is 8.07. The maximum absolute atomic E-state index is 15.9. The molecular weight excluding hydrogens is 737 g/mol. The van der Waals surface area contributed by atoms with Crippen LogP contribution in [-0.2, 0) is 57.1 Å². The fourth-order valence-corrected chi connectivity index (χ4v) is 6.95. The average molecular weight is 770 g/mol. The molecule has 1 saturated heterocycles. The first-order chi connectivity index (χ1) is 24.4. The summed E-state index contributed by atoms with van der Waals surface area (Å²) in [4.78, 5) is 53.4. The number of nitrogens with one attached hydrogen (secondary N) is 2. The Kier molecular flexibility index (Phi) is 12.8. The molecule has 0 aliphatic carbocycles. The van der Waals surface area contributed by atoms with Crippen molar-refractivity contribution in [3.8, 4) is 17.5 Å². The van der Waals surface area contributed by atoms with E-state index in [1.165, 1.54) is 4.68 Å². The Morgan fingerprint density at radius 2 is 2.02 bits per heavy atom. The van der Waals surface area contributed by atoms with Crippen LogP contribution in [0.2, 0.25) is 0 Å². The number of nitrogens with zero attached hydrogens (tertiary/aromatic N) is 8. The quantitative estimate of drug-likeness (QED) is 0.0884. The van der Waals surface area contributed by atoms with Gasteiger partial charge in [-0.2, -0.15) is 15.3 Å². The highest BCUT2D eigenvalue weighted by atomic mass is 32.5. The van der Waals surface area contributed by atoms with E-state index in [-0.39, 0.29) is 49.1 Å². The predicted molar refractivity (Wildman–Crippen MR) is 177 cm³/mol. The first kappa shape index (κ1) is 38.2. The van der Waals surface area contributed by atoms with Crippen LogP contribution in [0.5, 0.6) is 0 Å². The zero-order chi connectivity index (χ0) is 36.7. The van der Waals surface area contributed by atoms with Gasteiger partial charge in [-0.05, 0) is 23.9 Å². The average Bonchev–Trinajstić information content (AvgIpc) is 3.80. The number of pyridine rings is 1. The maximum Gasteiger partial charge on any atom is 0.695 e. The van der Waals surface area contributed by atoms with Gasteiger partial charge in [-0.15, -0.1) is 9.42 Å². The van der Waals surface area contributed by atoms with Crippen molar-refractivity contribution in [3.05, 3.63) is 47.0 Å². The van der Waals surface area contributed by atoms with Gasteiger partial charge in [-0.1, -0.05) is 13.8 Å². The summed E-state index contributed by atoms with van der Waals surface area (Å²) in [6.07, 6.45) is -2.63. The van der Waals surface area contributed by atoms with Gasteiger partial charge in [-0.3, -0.25) is 29.4 Å². The highest BCUT2D eigenvalue weighted by Gasteiger charge is 2.52. The number of aromatic amines is 1. The van der Waals surface area contributed by atoms with Gasteiger partial charge in [0.05, 0.1) is 45.2 Å². The number of hydrogen-bond acceptors (Lipinski definition) is 16. The van der Waals surface area contributed by atoms with Crippen LogP contribution in [0.4, 0.5) is 10.3 Å². The minimum Gasteiger partial charge on any atom is -0.388 e. The van der Waals surface area contributed by atoms with Gasteiger partial charge in [-0.25, -0.2) is 19.0 Å². The summed E-state index contributed by atoms with van der Waals surface area (Å²) in [6, 6.07) is 5.31. The largest absolute Gasteiger partial charge is 0.695 e. The number of hydrogen-bond donors (Lipinski definition) is 4. The number of rotatable bonds is 17. The van der Waals surface area contributed by atoms with Crippen molar-refractivity contribution < 1.29 is 46.6 Å². The predicted octanol–water partition coefficient (Wildman–Crippen LogP) is 2.02. The summed E-state index contributed by atoms with van der Waals surface area (Å²) in [5.41, 5.74) is -0.394. The Bertz CT molecular complexity index is 2010. The first-order valence-corrected chi connectivity index (χ1v) is 18.9. The summed E-state index contributed by atoms with van der Waals surface area (Å²) in [5.74, 6) is -0.528. The van der Waals surface area contributed by atoms with Crippen molar-refractivity contribution in [1.82, 2.24) is 39.3 Å². The van der Waals surface area contributed by atoms with E-state index in [0.29, 0.717) is 11.4 Å². The topological polar surface area (TPSA) is 264 Å². The van der Waals surface area contributed by atoms with E-state index in [1.54, 1.807) is 38.4 Å². The Morgan fingerprint density at radius 1 is 1.27 bits per heavy atom. The molecule has 1 aliphatic heterocycles. The van der Waals surface area contributed by atoms with Gasteiger partial charge in [0.2, 0.25) is 11.9 Å². The number of fused-ring (bicyclic) bond motifs is 1. The number of amides is 1. The number of carbonyl (C=O) groups is 1. The molecule has 272 valence electrons. The zero-order valence-electron chi connectivity index (χ0n) is 26.9. The number of aromatic nitrogens is 8. The van der Waals surface area contributed by atoms with Gasteiger partial charge < -0.3 is 23.4 Å². The lowest BCUT2D eigenvalue weighted by Gasteiger charge is -2.23. The molecule has 51 heavy (non-hydrogen) atoms. The molecule has 4 aromatic heterocycles. The first-order valence-electron chi connectivity index (χ1n) is 15.2. The highest BCUT2D eigenvalue weighted by Crippen LogP contribution is 2.51. The number of nitriles is 1. The van der Waals surface area contributed by atoms with Crippen molar-refractivity contribution in [2.75, 3.05) is 25.1 Å². The SMILES string of the molecule is CC(C)C(=O)Nc1nc2c(ncn2[C@@H]2O[C@H](COP(=S)(OCCC#N)OCCn3nc(-c4ccncc4)nc3CO)[C@@H](F)[C@H]2O[P+](=O)O)c(=O)[nH]1. The normalized spacial score (nSPS) is 20.4. The minimum absolute atomic E-state index is 0.0456. The van der Waals surface area contributed by atoms with Crippen LogP contribution in [0.15, 0.2) is 35.6 Å². The molecule has 4 aromatic rings. The van der Waals surface area contributed by atoms with Crippen LogP contribution in [0, 0.1) is 17.2 Å². The third-order valence-corrected chi connectivity index (χ3v) is 10.0. The molecule has 6 atom stereocenters.